The molecule has 0 spiro atoms. The van der Waals surface area contributed by atoms with E-state index in [1.165, 1.54) is 0 Å². The number of hydrogen-bond donors (Lipinski definition) is 2. The lowest BCUT2D eigenvalue weighted by Crippen LogP contribution is -2.50. The Labute approximate surface area is 97.8 Å². The number of aromatic amines is 2. The van der Waals surface area contributed by atoms with Crippen molar-refractivity contribution in [3.8, 4) is 0 Å². The van der Waals surface area contributed by atoms with Gasteiger partial charge >= 0.3 is 5.69 Å². The number of carbonyl (C=O) groups is 1. The molecule has 1 saturated carbocycles. The number of hydrogen-bond acceptors (Lipinski definition) is 4. The van der Waals surface area contributed by atoms with Crippen LogP contribution in [0.5, 0.6) is 0 Å². The molecular weight excluding hydrogens is 222 g/mol. The molecule has 2 N–H and O–H groups in total. The molecule has 1 aromatic heterocycles. The summed E-state index contributed by atoms with van der Waals surface area (Å²) in [6, 6.07) is 0.495. The average molecular weight is 237 g/mol. The molecule has 0 aromatic carbocycles. The molecule has 2 fully saturated rings. The van der Waals surface area contributed by atoms with Crippen LogP contribution in [0.25, 0.3) is 0 Å². The molecule has 0 atom stereocenters. The maximum atomic E-state index is 11.9. The predicted molar refractivity (Wildman–Crippen MR) is 59.2 cm³/mol. The van der Waals surface area contributed by atoms with E-state index in [1.807, 2.05) is 9.80 Å². The molecule has 1 aliphatic carbocycles. The average Bonchev–Trinajstić information content (AvgIpc) is 3.04. The van der Waals surface area contributed by atoms with E-state index in [0.717, 1.165) is 25.9 Å². The maximum Gasteiger partial charge on any atom is 0.340 e. The minimum Gasteiger partial charge on any atom is -0.337 e. The highest BCUT2D eigenvalue weighted by atomic mass is 16.2. The van der Waals surface area contributed by atoms with Crippen molar-refractivity contribution in [1.82, 2.24) is 25.0 Å². The number of carbonyl (C=O) groups excluding carboxylic acids is 1. The molecule has 1 amide bonds. The first kappa shape index (κ1) is 10.5. The maximum absolute atomic E-state index is 11.9. The Morgan fingerprint density at radius 3 is 2.71 bits per heavy atom. The summed E-state index contributed by atoms with van der Waals surface area (Å²) in [4.78, 5) is 29.3. The Balaban J connectivity index is 1.59. The molecule has 7 nitrogen and oxygen atoms in total. The third kappa shape index (κ3) is 2.23. The second-order valence-electron chi connectivity index (χ2n) is 4.65. The van der Waals surface area contributed by atoms with Crippen LogP contribution in [0.1, 0.15) is 18.7 Å². The quantitative estimate of drug-likeness (QED) is 0.699. The van der Waals surface area contributed by atoms with Gasteiger partial charge in [-0.25, -0.2) is 9.89 Å². The van der Waals surface area contributed by atoms with Crippen LogP contribution in [0.4, 0.5) is 0 Å². The lowest BCUT2D eigenvalue weighted by molar-refractivity contribution is -0.136. The van der Waals surface area contributed by atoms with Crippen LogP contribution in [-0.2, 0) is 11.3 Å². The van der Waals surface area contributed by atoms with Crippen molar-refractivity contribution in [3.05, 3.63) is 16.3 Å². The molecular formula is C10H15N5O2. The number of nitrogens with one attached hydrogen (secondary N) is 2. The number of rotatable bonds is 3. The Hall–Kier alpha value is -1.63. The molecule has 0 bridgehead atoms. The van der Waals surface area contributed by atoms with Crippen LogP contribution in [0.15, 0.2) is 4.79 Å². The van der Waals surface area contributed by atoms with Gasteiger partial charge in [-0.05, 0) is 12.8 Å². The van der Waals surface area contributed by atoms with E-state index in [1.54, 1.807) is 0 Å². The van der Waals surface area contributed by atoms with Crippen molar-refractivity contribution >= 4 is 5.91 Å². The topological polar surface area (TPSA) is 85.1 Å². The van der Waals surface area contributed by atoms with Crippen LogP contribution in [0.2, 0.25) is 0 Å². The molecule has 3 rings (SSSR count). The summed E-state index contributed by atoms with van der Waals surface area (Å²) in [5.41, 5.74) is -0.303. The van der Waals surface area contributed by atoms with Gasteiger partial charge in [0.05, 0.1) is 13.1 Å². The highest BCUT2D eigenvalue weighted by Gasteiger charge is 2.35. The summed E-state index contributed by atoms with van der Waals surface area (Å²) in [5.74, 6) is 0.777. The van der Waals surface area contributed by atoms with Crippen molar-refractivity contribution in [2.45, 2.75) is 25.4 Å². The standard InChI is InChI=1S/C10H15N5O2/c16-9-6-14(3-4-15(9)7-1-2-7)5-8-11-10(17)13-12-8/h7H,1-6H2,(H2,11,12,13,17). The first-order valence-corrected chi connectivity index (χ1v) is 5.88. The zero-order valence-electron chi connectivity index (χ0n) is 9.48. The number of H-pyrrole nitrogens is 2. The van der Waals surface area contributed by atoms with Crippen LogP contribution in [0.3, 0.4) is 0 Å². The smallest absolute Gasteiger partial charge is 0.337 e. The monoisotopic (exact) mass is 237 g/mol. The molecule has 2 heterocycles. The zero-order chi connectivity index (χ0) is 11.8. The second kappa shape index (κ2) is 3.99. The van der Waals surface area contributed by atoms with Gasteiger partial charge in [0.15, 0.2) is 0 Å². The van der Waals surface area contributed by atoms with Gasteiger partial charge in [-0.15, -0.1) is 0 Å². The first-order chi connectivity index (χ1) is 8.22. The van der Waals surface area contributed by atoms with E-state index in [-0.39, 0.29) is 11.6 Å². The highest BCUT2D eigenvalue weighted by molar-refractivity contribution is 5.79. The fourth-order valence-electron chi connectivity index (χ4n) is 2.23. The van der Waals surface area contributed by atoms with Crippen LogP contribution in [0, 0.1) is 0 Å². The molecule has 7 heteroatoms. The van der Waals surface area contributed by atoms with Gasteiger partial charge < -0.3 is 4.90 Å². The Morgan fingerprint density at radius 2 is 2.12 bits per heavy atom. The van der Waals surface area contributed by atoms with Crippen LogP contribution >= 0.6 is 0 Å². The first-order valence-electron chi connectivity index (χ1n) is 5.88. The van der Waals surface area contributed by atoms with E-state index in [0.29, 0.717) is 25.0 Å². The van der Waals surface area contributed by atoms with Gasteiger partial charge in [0, 0.05) is 19.1 Å². The predicted octanol–water partition coefficient (Wildman–Crippen LogP) is -1.10. The van der Waals surface area contributed by atoms with Gasteiger partial charge in [0.2, 0.25) is 5.91 Å². The van der Waals surface area contributed by atoms with E-state index in [4.69, 9.17) is 0 Å². The zero-order valence-corrected chi connectivity index (χ0v) is 9.48. The fraction of sp³-hybridized carbons (Fsp3) is 0.700. The van der Waals surface area contributed by atoms with Crippen LogP contribution < -0.4 is 5.69 Å². The normalized spacial score (nSPS) is 22.1. The minimum atomic E-state index is -0.303. The van der Waals surface area contributed by atoms with Gasteiger partial charge in [0.1, 0.15) is 5.82 Å². The van der Waals surface area contributed by atoms with Gasteiger partial charge in [0.25, 0.3) is 0 Å². The number of piperazine rings is 1. The Morgan fingerprint density at radius 1 is 1.29 bits per heavy atom. The van der Waals surface area contributed by atoms with Gasteiger partial charge in [-0.2, -0.15) is 5.10 Å². The Bertz CT molecular complexity index is 475. The highest BCUT2D eigenvalue weighted by Crippen LogP contribution is 2.28. The molecule has 2 aliphatic rings. The van der Waals surface area contributed by atoms with Crippen molar-refractivity contribution in [2.75, 3.05) is 19.6 Å². The van der Waals surface area contributed by atoms with Gasteiger partial charge in [-0.3, -0.25) is 14.7 Å². The molecule has 92 valence electrons. The van der Waals surface area contributed by atoms with Crippen molar-refractivity contribution < 1.29 is 4.79 Å². The van der Waals surface area contributed by atoms with E-state index >= 15 is 0 Å². The fourth-order valence-corrected chi connectivity index (χ4v) is 2.23. The number of aromatic nitrogens is 3. The summed E-state index contributed by atoms with van der Waals surface area (Å²) in [5, 5.41) is 6.17. The summed E-state index contributed by atoms with van der Waals surface area (Å²) in [6.45, 7) is 2.57. The van der Waals surface area contributed by atoms with Crippen molar-refractivity contribution in [3.63, 3.8) is 0 Å². The van der Waals surface area contributed by atoms with E-state index < -0.39 is 0 Å². The molecule has 17 heavy (non-hydrogen) atoms. The third-order valence-electron chi connectivity index (χ3n) is 3.25. The van der Waals surface area contributed by atoms with E-state index in [9.17, 15) is 9.59 Å². The number of nitrogens with zero attached hydrogens (tertiary/aromatic N) is 3. The SMILES string of the molecule is O=C1CN(Cc2n[nH]c(=O)[nH]2)CCN1C1CC1. The molecule has 1 aromatic rings. The minimum absolute atomic E-state index is 0.191. The lowest BCUT2D eigenvalue weighted by Gasteiger charge is -2.33. The number of amides is 1. The third-order valence-corrected chi connectivity index (χ3v) is 3.25. The van der Waals surface area contributed by atoms with Crippen LogP contribution in [-0.4, -0.2) is 56.6 Å². The summed E-state index contributed by atoms with van der Waals surface area (Å²) in [6.07, 6.45) is 2.30. The Kier molecular flexibility index (Phi) is 2.47. The summed E-state index contributed by atoms with van der Waals surface area (Å²) in [7, 11) is 0. The lowest BCUT2D eigenvalue weighted by atomic mass is 10.3. The second-order valence-corrected chi connectivity index (χ2v) is 4.65. The van der Waals surface area contributed by atoms with Gasteiger partial charge in [-0.1, -0.05) is 0 Å². The van der Waals surface area contributed by atoms with Crippen molar-refractivity contribution in [1.29, 1.82) is 0 Å². The van der Waals surface area contributed by atoms with E-state index in [2.05, 4.69) is 15.2 Å². The molecule has 1 saturated heterocycles. The molecule has 0 unspecified atom stereocenters. The summed E-state index contributed by atoms with van der Waals surface area (Å²) >= 11 is 0. The van der Waals surface area contributed by atoms with Crippen molar-refractivity contribution in [2.24, 2.45) is 0 Å². The largest absolute Gasteiger partial charge is 0.340 e. The molecule has 0 radical (unpaired) electrons. The summed E-state index contributed by atoms with van der Waals surface area (Å²) < 4.78 is 0. The molecule has 1 aliphatic heterocycles.